The third kappa shape index (κ3) is 6.62. The van der Waals surface area contributed by atoms with Gasteiger partial charge in [0.25, 0.3) is 5.91 Å². The largest absolute Gasteiger partial charge is 0.497 e. The summed E-state index contributed by atoms with van der Waals surface area (Å²) in [4.78, 5) is 34.5. The summed E-state index contributed by atoms with van der Waals surface area (Å²) in [6, 6.07) is 18.8. The highest BCUT2D eigenvalue weighted by Crippen LogP contribution is 2.25. The van der Waals surface area contributed by atoms with Gasteiger partial charge in [0.05, 0.1) is 23.8 Å². The number of nitrogens with zero attached hydrogens (tertiary/aromatic N) is 2. The van der Waals surface area contributed by atoms with Crippen LogP contribution in [0.15, 0.2) is 77.9 Å². The molecule has 0 unspecified atom stereocenters. The number of nitro benzene ring substituents is 1. The monoisotopic (exact) mass is 449 g/mol. The van der Waals surface area contributed by atoms with Crippen LogP contribution in [-0.4, -0.2) is 36.7 Å². The highest BCUT2D eigenvalue weighted by molar-refractivity contribution is 5.91. The van der Waals surface area contributed by atoms with Gasteiger partial charge in [-0.1, -0.05) is 24.3 Å². The van der Waals surface area contributed by atoms with Crippen LogP contribution in [-0.2, 0) is 4.79 Å². The number of rotatable bonds is 9. The number of hydrazone groups is 1. The number of amides is 1. The van der Waals surface area contributed by atoms with Gasteiger partial charge in [0.1, 0.15) is 11.5 Å². The van der Waals surface area contributed by atoms with Crippen molar-refractivity contribution in [2.45, 2.75) is 0 Å². The van der Waals surface area contributed by atoms with Crippen molar-refractivity contribution >= 4 is 23.8 Å². The average Bonchev–Trinajstić information content (AvgIpc) is 2.83. The fourth-order valence-electron chi connectivity index (χ4n) is 2.64. The predicted octanol–water partition coefficient (Wildman–Crippen LogP) is 3.35. The van der Waals surface area contributed by atoms with E-state index in [2.05, 4.69) is 10.5 Å². The number of carbonyl (C=O) groups is 2. The summed E-state index contributed by atoms with van der Waals surface area (Å²) in [6.45, 7) is -0.457. The normalized spacial score (nSPS) is 10.5. The molecule has 1 N–H and O–H groups in total. The molecule has 1 amide bonds. The maximum absolute atomic E-state index is 12.3. The standard InChI is InChI=1S/C23H19N3O7/c1-31-18-11-9-17(10-12-18)23(28)33-19-6-4-5-16(13-19)14-24-25-22(27)15-32-21-8-3-2-7-20(21)26(29)30/h2-14H,15H2,1H3,(H,25,27)/b24-14+. The first-order valence-electron chi connectivity index (χ1n) is 9.60. The Hall–Kier alpha value is -4.73. The minimum absolute atomic E-state index is 0.0204. The number of esters is 1. The van der Waals surface area contributed by atoms with Gasteiger partial charge in [0.15, 0.2) is 12.4 Å². The van der Waals surface area contributed by atoms with E-state index in [0.29, 0.717) is 22.6 Å². The number of carbonyl (C=O) groups excluding carboxylic acids is 2. The Kier molecular flexibility index (Phi) is 7.68. The van der Waals surface area contributed by atoms with Crippen LogP contribution in [0.5, 0.6) is 17.2 Å². The molecule has 0 aliphatic carbocycles. The molecule has 0 radical (unpaired) electrons. The molecule has 0 aliphatic rings. The molecule has 0 saturated heterocycles. The molecule has 3 aromatic rings. The van der Waals surface area contributed by atoms with E-state index in [1.54, 1.807) is 54.6 Å². The van der Waals surface area contributed by atoms with E-state index in [1.165, 1.54) is 31.5 Å². The third-order valence-electron chi connectivity index (χ3n) is 4.22. The lowest BCUT2D eigenvalue weighted by atomic mass is 10.2. The second-order valence-electron chi connectivity index (χ2n) is 6.50. The molecule has 0 aliphatic heterocycles. The van der Waals surface area contributed by atoms with Crippen molar-refractivity contribution in [3.8, 4) is 17.2 Å². The fraction of sp³-hybridized carbons (Fsp3) is 0.0870. The zero-order valence-electron chi connectivity index (χ0n) is 17.5. The Bertz CT molecular complexity index is 1180. The van der Waals surface area contributed by atoms with Crippen molar-refractivity contribution in [1.29, 1.82) is 0 Å². The molecular formula is C23H19N3O7. The zero-order chi connectivity index (χ0) is 23.6. The average molecular weight is 449 g/mol. The quantitative estimate of drug-likeness (QED) is 0.174. The van der Waals surface area contributed by atoms with Crippen LogP contribution in [0.25, 0.3) is 0 Å². The Morgan fingerprint density at radius 1 is 1.03 bits per heavy atom. The van der Waals surface area contributed by atoms with Crippen LogP contribution >= 0.6 is 0 Å². The van der Waals surface area contributed by atoms with Gasteiger partial charge in [-0.3, -0.25) is 14.9 Å². The summed E-state index contributed by atoms with van der Waals surface area (Å²) < 4.78 is 15.6. The second kappa shape index (κ2) is 11.0. The van der Waals surface area contributed by atoms with E-state index >= 15 is 0 Å². The van der Waals surface area contributed by atoms with Crippen LogP contribution in [0.2, 0.25) is 0 Å². The van der Waals surface area contributed by atoms with Crippen molar-refractivity contribution in [2.24, 2.45) is 5.10 Å². The third-order valence-corrected chi connectivity index (χ3v) is 4.22. The molecule has 33 heavy (non-hydrogen) atoms. The van der Waals surface area contributed by atoms with Crippen molar-refractivity contribution in [3.63, 3.8) is 0 Å². The maximum atomic E-state index is 12.3. The Morgan fingerprint density at radius 2 is 1.79 bits per heavy atom. The lowest BCUT2D eigenvalue weighted by molar-refractivity contribution is -0.385. The minimum atomic E-state index is -0.605. The Balaban J connectivity index is 1.53. The van der Waals surface area contributed by atoms with Gasteiger partial charge >= 0.3 is 11.7 Å². The van der Waals surface area contributed by atoms with Crippen molar-refractivity contribution in [2.75, 3.05) is 13.7 Å². The summed E-state index contributed by atoms with van der Waals surface area (Å²) in [6.07, 6.45) is 1.35. The van der Waals surface area contributed by atoms with E-state index in [4.69, 9.17) is 14.2 Å². The number of para-hydroxylation sites is 2. The van der Waals surface area contributed by atoms with Crippen LogP contribution < -0.4 is 19.6 Å². The number of nitro groups is 1. The van der Waals surface area contributed by atoms with Crippen LogP contribution in [0.3, 0.4) is 0 Å². The van der Waals surface area contributed by atoms with Crippen molar-refractivity contribution < 1.29 is 28.7 Å². The van der Waals surface area contributed by atoms with Crippen LogP contribution in [0.1, 0.15) is 15.9 Å². The van der Waals surface area contributed by atoms with E-state index in [1.807, 2.05) is 0 Å². The number of hydrogen-bond donors (Lipinski definition) is 1. The number of methoxy groups -OCH3 is 1. The molecule has 10 heteroatoms. The summed E-state index contributed by atoms with van der Waals surface area (Å²) in [7, 11) is 1.53. The Morgan fingerprint density at radius 3 is 2.52 bits per heavy atom. The highest BCUT2D eigenvalue weighted by Gasteiger charge is 2.14. The molecule has 0 saturated carbocycles. The number of benzene rings is 3. The molecule has 3 aromatic carbocycles. The molecule has 0 fully saturated rings. The predicted molar refractivity (Wildman–Crippen MR) is 119 cm³/mol. The van der Waals surface area contributed by atoms with E-state index < -0.39 is 23.4 Å². The topological polar surface area (TPSA) is 129 Å². The van der Waals surface area contributed by atoms with Crippen molar-refractivity contribution in [1.82, 2.24) is 5.43 Å². The second-order valence-corrected chi connectivity index (χ2v) is 6.50. The molecule has 168 valence electrons. The first-order chi connectivity index (χ1) is 16.0. The van der Waals surface area contributed by atoms with E-state index in [0.717, 1.165) is 0 Å². The molecule has 3 rings (SSSR count). The van der Waals surface area contributed by atoms with Crippen LogP contribution in [0.4, 0.5) is 5.69 Å². The van der Waals surface area contributed by atoms with Gasteiger partial charge in [-0.2, -0.15) is 5.10 Å². The number of nitrogens with one attached hydrogen (secondary N) is 1. The molecule has 10 nitrogen and oxygen atoms in total. The lowest BCUT2D eigenvalue weighted by Gasteiger charge is -2.06. The van der Waals surface area contributed by atoms with Gasteiger partial charge in [-0.05, 0) is 48.0 Å². The fourth-order valence-corrected chi connectivity index (χ4v) is 2.64. The van der Waals surface area contributed by atoms with Crippen molar-refractivity contribution in [3.05, 3.63) is 94.0 Å². The highest BCUT2D eigenvalue weighted by atomic mass is 16.6. The van der Waals surface area contributed by atoms with Gasteiger partial charge in [-0.15, -0.1) is 0 Å². The smallest absolute Gasteiger partial charge is 0.343 e. The first kappa shape index (κ1) is 22.9. The number of ether oxygens (including phenoxy) is 3. The van der Waals surface area contributed by atoms with Gasteiger partial charge in [-0.25, -0.2) is 10.2 Å². The molecule has 0 heterocycles. The van der Waals surface area contributed by atoms with Crippen LogP contribution in [0, 0.1) is 10.1 Å². The molecule has 0 atom stereocenters. The maximum Gasteiger partial charge on any atom is 0.343 e. The summed E-state index contributed by atoms with van der Waals surface area (Å²) in [5.74, 6) is -0.239. The number of hydrogen-bond acceptors (Lipinski definition) is 8. The lowest BCUT2D eigenvalue weighted by Crippen LogP contribution is -2.24. The zero-order valence-corrected chi connectivity index (χ0v) is 17.5. The summed E-state index contributed by atoms with van der Waals surface area (Å²) in [5.41, 5.74) is 2.95. The summed E-state index contributed by atoms with van der Waals surface area (Å²) in [5, 5.41) is 14.8. The molecular weight excluding hydrogens is 430 g/mol. The SMILES string of the molecule is COc1ccc(C(=O)Oc2cccc(/C=N/NC(=O)COc3ccccc3[N+](=O)[O-])c2)cc1. The van der Waals surface area contributed by atoms with E-state index in [-0.39, 0.29) is 11.4 Å². The van der Waals surface area contributed by atoms with Gasteiger partial charge in [0.2, 0.25) is 0 Å². The Labute approximate surface area is 188 Å². The van der Waals surface area contributed by atoms with Gasteiger partial charge < -0.3 is 14.2 Å². The van der Waals surface area contributed by atoms with E-state index in [9.17, 15) is 19.7 Å². The molecule has 0 bridgehead atoms. The molecule has 0 spiro atoms. The molecule has 0 aromatic heterocycles. The first-order valence-corrected chi connectivity index (χ1v) is 9.60. The summed E-state index contributed by atoms with van der Waals surface area (Å²) >= 11 is 0. The minimum Gasteiger partial charge on any atom is -0.497 e. The van der Waals surface area contributed by atoms with Gasteiger partial charge in [0, 0.05) is 6.07 Å².